The van der Waals surface area contributed by atoms with Gasteiger partial charge in [0.15, 0.2) is 6.10 Å². The van der Waals surface area contributed by atoms with Crippen LogP contribution in [0.2, 0.25) is 0 Å². The van der Waals surface area contributed by atoms with Crippen molar-refractivity contribution in [1.29, 1.82) is 0 Å². The zero-order valence-corrected chi connectivity index (χ0v) is 34.5. The molecule has 0 amide bonds. The van der Waals surface area contributed by atoms with Crippen LogP contribution in [0.5, 0.6) is 0 Å². The van der Waals surface area contributed by atoms with Gasteiger partial charge in [0.2, 0.25) is 0 Å². The van der Waals surface area contributed by atoms with E-state index in [4.69, 9.17) is 19.3 Å². The molecular formula is C45H71O9P. The fourth-order valence-corrected chi connectivity index (χ4v) is 5.20. The van der Waals surface area contributed by atoms with Crippen molar-refractivity contribution >= 4 is 19.8 Å². The van der Waals surface area contributed by atoms with Gasteiger partial charge in [-0.25, -0.2) is 4.57 Å². The minimum absolute atomic E-state index is 0.0591. The van der Waals surface area contributed by atoms with Gasteiger partial charge in [-0.05, 0) is 83.5 Å². The van der Waals surface area contributed by atoms with Crippen molar-refractivity contribution in [2.45, 2.75) is 148 Å². The first-order valence-corrected chi connectivity index (χ1v) is 21.8. The predicted octanol–water partition coefficient (Wildman–Crippen LogP) is 11.4. The highest BCUT2D eigenvalue weighted by Gasteiger charge is 2.22. The van der Waals surface area contributed by atoms with Gasteiger partial charge < -0.3 is 24.4 Å². The quantitative estimate of drug-likeness (QED) is 0.0188. The molecule has 10 heteroatoms. The van der Waals surface area contributed by atoms with Crippen LogP contribution in [0.3, 0.4) is 0 Å². The van der Waals surface area contributed by atoms with Crippen LogP contribution in [0, 0.1) is 0 Å². The van der Waals surface area contributed by atoms with E-state index in [1.54, 1.807) is 6.08 Å². The van der Waals surface area contributed by atoms with Crippen LogP contribution in [0.1, 0.15) is 136 Å². The Morgan fingerprint density at radius 1 is 0.582 bits per heavy atom. The summed E-state index contributed by atoms with van der Waals surface area (Å²) in [5.41, 5.74) is 0. The minimum atomic E-state index is -4.80. The first kappa shape index (κ1) is 51.7. The topological polar surface area (TPSA) is 140 Å². The van der Waals surface area contributed by atoms with E-state index in [0.717, 1.165) is 57.8 Å². The van der Waals surface area contributed by atoms with Crippen molar-refractivity contribution in [3.8, 4) is 0 Å². The largest absolute Gasteiger partial charge is 0.469 e. The van der Waals surface area contributed by atoms with Gasteiger partial charge in [0, 0.05) is 12.8 Å². The number of aliphatic hydroxyl groups is 1. The average molecular weight is 787 g/mol. The van der Waals surface area contributed by atoms with Crippen LogP contribution >= 0.6 is 7.82 Å². The molecular weight excluding hydrogens is 715 g/mol. The molecule has 0 heterocycles. The Kier molecular flexibility index (Phi) is 36.6. The lowest BCUT2D eigenvalue weighted by Gasteiger charge is -2.18. The molecule has 0 spiro atoms. The molecule has 55 heavy (non-hydrogen) atoms. The van der Waals surface area contributed by atoms with Gasteiger partial charge in [-0.1, -0.05) is 149 Å². The second-order valence-corrected chi connectivity index (χ2v) is 14.3. The van der Waals surface area contributed by atoms with Gasteiger partial charge in [-0.15, -0.1) is 0 Å². The smallest absolute Gasteiger partial charge is 0.462 e. The minimum Gasteiger partial charge on any atom is -0.462 e. The Balaban J connectivity index is 4.18. The van der Waals surface area contributed by atoms with Crippen molar-refractivity contribution < 1.29 is 43.0 Å². The van der Waals surface area contributed by atoms with E-state index in [-0.39, 0.29) is 19.4 Å². The molecule has 0 bridgehead atoms. The molecule has 0 aromatic rings. The summed E-state index contributed by atoms with van der Waals surface area (Å²) in [6.07, 6.45) is 51.5. The van der Waals surface area contributed by atoms with E-state index >= 15 is 0 Å². The molecule has 0 aromatic carbocycles. The molecule has 0 radical (unpaired) electrons. The van der Waals surface area contributed by atoms with E-state index in [1.807, 2.05) is 48.6 Å². The molecule has 3 N–H and O–H groups in total. The Bertz CT molecular complexity index is 1270. The summed E-state index contributed by atoms with van der Waals surface area (Å²) in [5.74, 6) is -1.04. The fraction of sp³-hybridized carbons (Fsp3) is 0.556. The highest BCUT2D eigenvalue weighted by Crippen LogP contribution is 2.35. The van der Waals surface area contributed by atoms with Crippen molar-refractivity contribution in [1.82, 2.24) is 0 Å². The highest BCUT2D eigenvalue weighted by molar-refractivity contribution is 7.46. The maximum atomic E-state index is 12.4. The highest BCUT2D eigenvalue weighted by atomic mass is 31.2. The third-order valence-electron chi connectivity index (χ3n) is 7.87. The van der Waals surface area contributed by atoms with Crippen LogP contribution in [0.4, 0.5) is 0 Å². The molecule has 0 saturated heterocycles. The van der Waals surface area contributed by atoms with Gasteiger partial charge in [0.25, 0.3) is 0 Å². The summed E-state index contributed by atoms with van der Waals surface area (Å²) in [6, 6.07) is 0. The number of phosphoric ester groups is 1. The van der Waals surface area contributed by atoms with Crippen molar-refractivity contribution in [3.05, 3.63) is 109 Å². The zero-order chi connectivity index (χ0) is 40.5. The molecule has 2 atom stereocenters. The summed E-state index contributed by atoms with van der Waals surface area (Å²) in [4.78, 5) is 42.8. The van der Waals surface area contributed by atoms with E-state index in [9.17, 15) is 19.3 Å². The molecule has 0 fully saturated rings. The first-order valence-electron chi connectivity index (χ1n) is 20.3. The molecule has 9 nitrogen and oxygen atoms in total. The molecule has 0 saturated carbocycles. The lowest BCUT2D eigenvalue weighted by molar-refractivity contribution is -0.161. The number of hydrogen-bond acceptors (Lipinski definition) is 7. The Hall–Kier alpha value is -3.33. The molecule has 0 aromatic heterocycles. The second kappa shape index (κ2) is 38.9. The zero-order valence-electron chi connectivity index (χ0n) is 33.6. The summed E-state index contributed by atoms with van der Waals surface area (Å²) < 4.78 is 26.2. The molecule has 1 unspecified atom stereocenters. The predicted molar refractivity (Wildman–Crippen MR) is 226 cm³/mol. The standard InChI is InChI=1S/C45H71O9P/c1-3-5-7-8-9-10-11-12-13-14-15-18-21-24-27-30-34-38-44(47)52-40-43(41-53-55(49,50)51)54-45(48)39-35-31-28-25-22-19-16-17-20-23-26-29-33-37-42(46)36-32-6-4-2/h6,9-10,12-13,15,17-20,22,26,28-29,31-33,37,42-43,46H,3-5,7-8,11,14,16,21,23-25,27,30,34-36,38-41H2,1-2H3,(H2,49,50,51)/b10-9-,13-12-,18-15-,20-17-,22-19-,29-26+,31-28-,32-6-,37-33+/t42?,43-/m1/s1. The van der Waals surface area contributed by atoms with Crippen LogP contribution in [0.25, 0.3) is 0 Å². The number of esters is 2. The summed E-state index contributed by atoms with van der Waals surface area (Å²) in [5, 5.41) is 9.81. The summed E-state index contributed by atoms with van der Waals surface area (Å²) >= 11 is 0. The molecule has 0 rings (SSSR count). The molecule has 0 aliphatic heterocycles. The monoisotopic (exact) mass is 786 g/mol. The van der Waals surface area contributed by atoms with Crippen LogP contribution < -0.4 is 0 Å². The maximum absolute atomic E-state index is 12.4. The van der Waals surface area contributed by atoms with Crippen molar-refractivity contribution in [2.75, 3.05) is 13.2 Å². The Labute approximate surface area is 332 Å². The number of allylic oxidation sites excluding steroid dienone is 16. The lowest BCUT2D eigenvalue weighted by Crippen LogP contribution is -2.29. The average Bonchev–Trinajstić information content (AvgIpc) is 3.15. The maximum Gasteiger partial charge on any atom is 0.469 e. The number of carbonyl (C=O) groups excluding carboxylic acids is 2. The van der Waals surface area contributed by atoms with E-state index in [2.05, 4.69) is 73.1 Å². The molecule has 0 aliphatic carbocycles. The van der Waals surface area contributed by atoms with E-state index < -0.39 is 38.6 Å². The number of aliphatic hydroxyl groups excluding tert-OH is 1. The van der Waals surface area contributed by atoms with E-state index in [1.165, 1.54) is 25.7 Å². The Morgan fingerprint density at radius 2 is 1.13 bits per heavy atom. The number of carbonyl (C=O) groups is 2. The first-order chi connectivity index (χ1) is 26.7. The fourth-order valence-electron chi connectivity index (χ4n) is 4.84. The van der Waals surface area contributed by atoms with Gasteiger partial charge in [0.05, 0.1) is 12.7 Å². The number of phosphoric acid groups is 1. The lowest BCUT2D eigenvalue weighted by atomic mass is 10.1. The van der Waals surface area contributed by atoms with Gasteiger partial charge in [0.1, 0.15) is 6.61 Å². The van der Waals surface area contributed by atoms with Gasteiger partial charge in [-0.3, -0.25) is 14.1 Å². The number of rotatable bonds is 35. The van der Waals surface area contributed by atoms with Crippen LogP contribution in [-0.4, -0.2) is 52.3 Å². The third-order valence-corrected chi connectivity index (χ3v) is 8.35. The van der Waals surface area contributed by atoms with Crippen molar-refractivity contribution in [2.24, 2.45) is 0 Å². The van der Waals surface area contributed by atoms with Gasteiger partial charge >= 0.3 is 19.8 Å². The normalized spacial score (nSPS) is 14.2. The number of ether oxygens (including phenoxy) is 2. The van der Waals surface area contributed by atoms with Crippen LogP contribution in [-0.2, 0) is 28.2 Å². The summed E-state index contributed by atoms with van der Waals surface area (Å²) in [7, 11) is -4.80. The number of unbranched alkanes of at least 4 members (excludes halogenated alkanes) is 7. The summed E-state index contributed by atoms with van der Waals surface area (Å²) in [6.45, 7) is 3.35. The van der Waals surface area contributed by atoms with Crippen molar-refractivity contribution in [3.63, 3.8) is 0 Å². The second-order valence-electron chi connectivity index (χ2n) is 13.1. The van der Waals surface area contributed by atoms with E-state index in [0.29, 0.717) is 25.7 Å². The van der Waals surface area contributed by atoms with Gasteiger partial charge in [-0.2, -0.15) is 0 Å². The number of hydrogen-bond donors (Lipinski definition) is 3. The molecule has 0 aliphatic rings. The Morgan fingerprint density at radius 3 is 1.71 bits per heavy atom. The van der Waals surface area contributed by atoms with Crippen LogP contribution in [0.15, 0.2) is 109 Å². The third kappa shape index (κ3) is 41.7. The molecule has 310 valence electrons. The SMILES string of the molecule is CC/C=C\CC(O)/C=C/C=C/C/C=C\C/C=C\C/C=C\CCC(=O)O[C@H](COC(=O)CCCCCC/C=C\C/C=C\C/C=C\CCCCC)COP(=O)(O)O.